The largest absolute Gasteiger partial charge is 0.367 e. The number of nitrogens with zero attached hydrogens (tertiary/aromatic N) is 4. The quantitative estimate of drug-likeness (QED) is 0.771. The Labute approximate surface area is 128 Å². The summed E-state index contributed by atoms with van der Waals surface area (Å²) in [6.45, 7) is 1.84. The minimum atomic E-state index is 0.447. The second-order valence-electron chi connectivity index (χ2n) is 5.75. The molecular weight excluding hydrogens is 276 g/mol. The summed E-state index contributed by atoms with van der Waals surface area (Å²) in [5, 5.41) is 3.44. The molecule has 0 unspecified atom stereocenters. The van der Waals surface area contributed by atoms with Gasteiger partial charge in [0.1, 0.15) is 11.8 Å². The van der Waals surface area contributed by atoms with Gasteiger partial charge in [0.05, 0.1) is 6.33 Å². The van der Waals surface area contributed by atoms with Crippen LogP contribution in [0.2, 0.25) is 0 Å². The minimum absolute atomic E-state index is 0.447. The third kappa shape index (κ3) is 2.31. The van der Waals surface area contributed by atoms with E-state index in [4.69, 9.17) is 0 Å². The van der Waals surface area contributed by atoms with Crippen LogP contribution in [0.4, 0.5) is 5.82 Å². The average Bonchev–Trinajstić information content (AvgIpc) is 3.02. The first-order chi connectivity index (χ1) is 10.8. The summed E-state index contributed by atoms with van der Waals surface area (Å²) in [6, 6.07) is 9.12. The van der Waals surface area contributed by atoms with Gasteiger partial charge in [0.25, 0.3) is 0 Å². The number of rotatable bonds is 3. The third-order valence-electron chi connectivity index (χ3n) is 4.35. The smallest absolute Gasteiger partial charge is 0.182 e. The Morgan fingerprint density at radius 2 is 2.09 bits per heavy atom. The summed E-state index contributed by atoms with van der Waals surface area (Å²) in [4.78, 5) is 18.1. The van der Waals surface area contributed by atoms with E-state index in [-0.39, 0.29) is 0 Å². The molecule has 3 aromatic rings. The van der Waals surface area contributed by atoms with E-state index in [0.717, 1.165) is 30.8 Å². The molecule has 6 heteroatoms. The molecule has 6 nitrogen and oxygen atoms in total. The van der Waals surface area contributed by atoms with E-state index < -0.39 is 0 Å². The summed E-state index contributed by atoms with van der Waals surface area (Å²) >= 11 is 0. The first kappa shape index (κ1) is 13.2. The van der Waals surface area contributed by atoms with Crippen molar-refractivity contribution in [3.05, 3.63) is 48.0 Å². The number of aromatic nitrogens is 4. The van der Waals surface area contributed by atoms with Crippen LogP contribution in [0.5, 0.6) is 0 Å². The number of H-pyrrole nitrogens is 1. The van der Waals surface area contributed by atoms with Gasteiger partial charge in [-0.25, -0.2) is 15.0 Å². The molecule has 0 amide bonds. The number of fused-ring (bicyclic) bond motifs is 2. The summed E-state index contributed by atoms with van der Waals surface area (Å²) in [6.07, 6.45) is 4.25. The standard InChI is InChI=1S/C16H18N6/c1-22-8-12-5-3-2-4-11(12)6-13(22)7-17-15-14-16(19-9-18-14)21-10-20-15/h2-5,9-10,13H,6-8H2,1H3,(H2,17,18,19,20,21)/t13-/m1/s1. The second kappa shape index (κ2) is 5.38. The van der Waals surface area contributed by atoms with Gasteiger partial charge in [0.2, 0.25) is 0 Å². The fourth-order valence-electron chi connectivity index (χ4n) is 3.06. The number of anilines is 1. The van der Waals surface area contributed by atoms with Crippen LogP contribution in [-0.2, 0) is 13.0 Å². The van der Waals surface area contributed by atoms with E-state index in [1.54, 1.807) is 12.7 Å². The number of nitrogens with one attached hydrogen (secondary N) is 2. The highest BCUT2D eigenvalue weighted by Crippen LogP contribution is 2.22. The third-order valence-corrected chi connectivity index (χ3v) is 4.35. The Morgan fingerprint density at radius 1 is 1.23 bits per heavy atom. The number of hydrogen-bond acceptors (Lipinski definition) is 5. The van der Waals surface area contributed by atoms with Crippen LogP contribution in [0.1, 0.15) is 11.1 Å². The molecule has 2 N–H and O–H groups in total. The summed E-state index contributed by atoms with van der Waals surface area (Å²) in [5.41, 5.74) is 4.43. The monoisotopic (exact) mass is 294 g/mol. The van der Waals surface area contributed by atoms with Crippen molar-refractivity contribution < 1.29 is 0 Å². The first-order valence-electron chi connectivity index (χ1n) is 7.46. The maximum atomic E-state index is 4.32. The summed E-state index contributed by atoms with van der Waals surface area (Å²) in [5.74, 6) is 0.815. The zero-order chi connectivity index (χ0) is 14.9. The number of imidazole rings is 1. The lowest BCUT2D eigenvalue weighted by molar-refractivity contribution is 0.225. The van der Waals surface area contributed by atoms with Gasteiger partial charge in [-0.2, -0.15) is 0 Å². The molecule has 0 saturated carbocycles. The van der Waals surface area contributed by atoms with E-state index in [0.29, 0.717) is 11.7 Å². The lowest BCUT2D eigenvalue weighted by Gasteiger charge is -2.34. The maximum absolute atomic E-state index is 4.32. The molecule has 0 spiro atoms. The number of hydrogen-bond donors (Lipinski definition) is 2. The average molecular weight is 294 g/mol. The van der Waals surface area contributed by atoms with Crippen LogP contribution in [-0.4, -0.2) is 44.5 Å². The van der Waals surface area contributed by atoms with Gasteiger partial charge in [-0.15, -0.1) is 0 Å². The molecular formula is C16H18N6. The molecule has 1 aliphatic heterocycles. The van der Waals surface area contributed by atoms with Crippen molar-refractivity contribution >= 4 is 17.0 Å². The second-order valence-corrected chi connectivity index (χ2v) is 5.75. The van der Waals surface area contributed by atoms with Crippen molar-refractivity contribution in [3.63, 3.8) is 0 Å². The predicted molar refractivity (Wildman–Crippen MR) is 85.6 cm³/mol. The van der Waals surface area contributed by atoms with E-state index in [2.05, 4.69) is 61.5 Å². The summed E-state index contributed by atoms with van der Waals surface area (Å²) < 4.78 is 0. The van der Waals surface area contributed by atoms with Crippen molar-refractivity contribution in [2.45, 2.75) is 19.0 Å². The molecule has 22 heavy (non-hydrogen) atoms. The fraction of sp³-hybridized carbons (Fsp3) is 0.312. The van der Waals surface area contributed by atoms with Gasteiger partial charge in [-0.3, -0.25) is 4.90 Å². The molecule has 0 radical (unpaired) electrons. The highest BCUT2D eigenvalue weighted by molar-refractivity contribution is 5.81. The zero-order valence-electron chi connectivity index (χ0n) is 12.5. The van der Waals surface area contributed by atoms with Crippen LogP contribution in [0.3, 0.4) is 0 Å². The Balaban J connectivity index is 1.51. The van der Waals surface area contributed by atoms with Crippen molar-refractivity contribution in [1.29, 1.82) is 0 Å². The topological polar surface area (TPSA) is 69.7 Å². The highest BCUT2D eigenvalue weighted by atomic mass is 15.2. The van der Waals surface area contributed by atoms with Gasteiger partial charge in [0.15, 0.2) is 11.5 Å². The van der Waals surface area contributed by atoms with Crippen LogP contribution in [0.15, 0.2) is 36.9 Å². The van der Waals surface area contributed by atoms with Crippen LogP contribution in [0.25, 0.3) is 11.2 Å². The SMILES string of the molecule is CN1Cc2ccccc2C[C@@H]1CNc1ncnc2nc[nH]c12. The van der Waals surface area contributed by atoms with E-state index in [1.807, 2.05) is 0 Å². The van der Waals surface area contributed by atoms with Crippen LogP contribution in [0, 0.1) is 0 Å². The zero-order valence-corrected chi connectivity index (χ0v) is 12.5. The van der Waals surface area contributed by atoms with Gasteiger partial charge >= 0.3 is 0 Å². The lowest BCUT2D eigenvalue weighted by Crippen LogP contribution is -2.42. The maximum Gasteiger partial charge on any atom is 0.182 e. The molecule has 1 aromatic carbocycles. The first-order valence-corrected chi connectivity index (χ1v) is 7.46. The highest BCUT2D eigenvalue weighted by Gasteiger charge is 2.23. The molecule has 1 aliphatic rings. The van der Waals surface area contributed by atoms with Gasteiger partial charge in [-0.05, 0) is 24.6 Å². The Kier molecular flexibility index (Phi) is 3.23. The van der Waals surface area contributed by atoms with Crippen molar-refractivity contribution in [3.8, 4) is 0 Å². The molecule has 4 rings (SSSR count). The van der Waals surface area contributed by atoms with Gasteiger partial charge < -0.3 is 10.3 Å². The van der Waals surface area contributed by atoms with Gasteiger partial charge in [0, 0.05) is 19.1 Å². The Morgan fingerprint density at radius 3 is 3.00 bits per heavy atom. The lowest BCUT2D eigenvalue weighted by atomic mass is 9.94. The molecule has 2 aromatic heterocycles. The van der Waals surface area contributed by atoms with Crippen LogP contribution >= 0.6 is 0 Å². The molecule has 0 aliphatic carbocycles. The van der Waals surface area contributed by atoms with E-state index in [9.17, 15) is 0 Å². The Hall–Kier alpha value is -2.47. The van der Waals surface area contributed by atoms with E-state index in [1.165, 1.54) is 11.1 Å². The predicted octanol–water partition coefficient (Wildman–Crippen LogP) is 1.82. The molecule has 112 valence electrons. The normalized spacial score (nSPS) is 18.3. The number of benzene rings is 1. The molecule has 3 heterocycles. The number of aromatic amines is 1. The summed E-state index contributed by atoms with van der Waals surface area (Å²) in [7, 11) is 2.17. The molecule has 0 fully saturated rings. The van der Waals surface area contributed by atoms with Crippen molar-refractivity contribution in [2.75, 3.05) is 18.9 Å². The molecule has 0 bridgehead atoms. The minimum Gasteiger partial charge on any atom is -0.367 e. The Bertz CT molecular complexity index is 796. The molecule has 0 saturated heterocycles. The fourth-order valence-corrected chi connectivity index (χ4v) is 3.06. The van der Waals surface area contributed by atoms with Gasteiger partial charge in [-0.1, -0.05) is 24.3 Å². The van der Waals surface area contributed by atoms with E-state index >= 15 is 0 Å². The van der Waals surface area contributed by atoms with Crippen molar-refractivity contribution in [2.24, 2.45) is 0 Å². The van der Waals surface area contributed by atoms with Crippen molar-refractivity contribution in [1.82, 2.24) is 24.8 Å². The molecule has 1 atom stereocenters. The van der Waals surface area contributed by atoms with Crippen LogP contribution < -0.4 is 5.32 Å². The number of likely N-dealkylation sites (N-methyl/N-ethyl adjacent to an activating group) is 1.